The van der Waals surface area contributed by atoms with E-state index in [0.29, 0.717) is 6.54 Å². The highest BCUT2D eigenvalue weighted by Crippen LogP contribution is 2.24. The molecule has 1 N–H and O–H groups in total. The molecular weight excluding hydrogens is 531 g/mol. The molecule has 8 nitrogen and oxygen atoms in total. The van der Waals surface area contributed by atoms with Crippen LogP contribution < -0.4 is 9.62 Å². The Balaban J connectivity index is 2.06. The van der Waals surface area contributed by atoms with Crippen molar-refractivity contribution in [1.82, 2.24) is 14.5 Å². The van der Waals surface area contributed by atoms with Gasteiger partial charge >= 0.3 is 10.2 Å². The summed E-state index contributed by atoms with van der Waals surface area (Å²) in [5, 5.41) is 2.93. The Kier molecular flexibility index (Phi) is 11.2. The van der Waals surface area contributed by atoms with Crippen LogP contribution in [0.2, 0.25) is 0 Å². The van der Waals surface area contributed by atoms with Crippen LogP contribution in [0.1, 0.15) is 30.9 Å². The smallest absolute Gasteiger partial charge is 0.304 e. The van der Waals surface area contributed by atoms with Crippen LogP contribution in [0.5, 0.6) is 0 Å². The van der Waals surface area contributed by atoms with Crippen molar-refractivity contribution in [3.8, 4) is 0 Å². The van der Waals surface area contributed by atoms with Crippen molar-refractivity contribution < 1.29 is 22.4 Å². The number of anilines is 1. The molecule has 3 aromatic carbocycles. The Labute approximate surface area is 236 Å². The fourth-order valence-electron chi connectivity index (χ4n) is 4.20. The third-order valence-electron chi connectivity index (χ3n) is 6.44. The molecule has 0 radical (unpaired) electrons. The second-order valence-corrected chi connectivity index (χ2v) is 11.7. The van der Waals surface area contributed by atoms with Gasteiger partial charge in [0.2, 0.25) is 11.8 Å². The highest BCUT2D eigenvalue weighted by atomic mass is 32.2. The van der Waals surface area contributed by atoms with Crippen molar-refractivity contribution in [3.63, 3.8) is 0 Å². The Morgan fingerprint density at radius 1 is 0.875 bits per heavy atom. The zero-order valence-electron chi connectivity index (χ0n) is 23.2. The van der Waals surface area contributed by atoms with Crippen LogP contribution in [0.4, 0.5) is 10.1 Å². The summed E-state index contributed by atoms with van der Waals surface area (Å²) < 4.78 is 43.1. The lowest BCUT2D eigenvalue weighted by Crippen LogP contribution is -2.54. The predicted molar refractivity (Wildman–Crippen MR) is 155 cm³/mol. The molecule has 0 saturated heterocycles. The van der Waals surface area contributed by atoms with E-state index in [-0.39, 0.29) is 24.6 Å². The van der Waals surface area contributed by atoms with Crippen LogP contribution in [-0.4, -0.2) is 62.7 Å². The Morgan fingerprint density at radius 2 is 1.45 bits per heavy atom. The number of benzene rings is 3. The number of nitrogens with one attached hydrogen (secondary N) is 1. The molecule has 0 bridgehead atoms. The molecule has 214 valence electrons. The number of nitrogens with zero attached hydrogens (tertiary/aromatic N) is 3. The van der Waals surface area contributed by atoms with Crippen LogP contribution in [0.3, 0.4) is 0 Å². The van der Waals surface area contributed by atoms with Crippen LogP contribution in [0.25, 0.3) is 0 Å². The summed E-state index contributed by atoms with van der Waals surface area (Å²) in [6.45, 7) is 1.83. The van der Waals surface area contributed by atoms with E-state index in [1.54, 1.807) is 0 Å². The maximum absolute atomic E-state index is 14.9. The van der Waals surface area contributed by atoms with Gasteiger partial charge in [-0.25, -0.2) is 8.70 Å². The first-order chi connectivity index (χ1) is 19.1. The van der Waals surface area contributed by atoms with E-state index < -0.39 is 34.5 Å². The van der Waals surface area contributed by atoms with E-state index in [1.807, 2.05) is 67.6 Å². The molecule has 0 heterocycles. The molecular formula is C30H37FN4O4S. The molecule has 0 fully saturated rings. The topological polar surface area (TPSA) is 90.0 Å². The number of rotatable bonds is 14. The van der Waals surface area contributed by atoms with Crippen LogP contribution in [-0.2, 0) is 32.8 Å². The molecule has 0 saturated carbocycles. The quantitative estimate of drug-likeness (QED) is 0.298. The van der Waals surface area contributed by atoms with Gasteiger partial charge < -0.3 is 10.2 Å². The minimum atomic E-state index is -4.26. The molecule has 0 unspecified atom stereocenters. The Morgan fingerprint density at radius 3 is 2.02 bits per heavy atom. The first kappa shape index (κ1) is 30.8. The van der Waals surface area contributed by atoms with E-state index >= 15 is 0 Å². The van der Waals surface area contributed by atoms with Gasteiger partial charge in [0.05, 0.1) is 5.69 Å². The van der Waals surface area contributed by atoms with E-state index in [2.05, 4.69) is 5.32 Å². The van der Waals surface area contributed by atoms with E-state index in [1.165, 1.54) is 37.2 Å². The first-order valence-electron chi connectivity index (χ1n) is 13.2. The maximum atomic E-state index is 14.9. The number of halogens is 1. The number of hydrogen-bond donors (Lipinski definition) is 1. The van der Waals surface area contributed by atoms with Gasteiger partial charge in [-0.3, -0.25) is 9.59 Å². The molecule has 0 aliphatic rings. The van der Waals surface area contributed by atoms with Crippen LogP contribution >= 0.6 is 0 Å². The van der Waals surface area contributed by atoms with Gasteiger partial charge in [0.15, 0.2) is 0 Å². The standard InChI is InChI=1S/C30H37FN4O4S/c1-4-5-20-32-30(37)28(21-24-14-8-6-9-15-24)34(22-25-16-10-7-11-17-25)29(36)23-35(40(38,39)33(2)3)27-19-13-12-18-26(27)31/h6-19,28H,4-5,20-23H2,1-3H3,(H,32,37)/t28-/m0/s1. The number of para-hydroxylation sites is 1. The van der Waals surface area contributed by atoms with Crippen molar-refractivity contribution in [2.75, 3.05) is 31.5 Å². The van der Waals surface area contributed by atoms with Gasteiger partial charge in [0.1, 0.15) is 18.4 Å². The van der Waals surface area contributed by atoms with Crippen LogP contribution in [0, 0.1) is 5.82 Å². The van der Waals surface area contributed by atoms with Gasteiger partial charge in [-0.2, -0.15) is 12.7 Å². The maximum Gasteiger partial charge on any atom is 0.304 e. The number of hydrogen-bond acceptors (Lipinski definition) is 4. The Hall–Kier alpha value is -3.76. The number of carbonyl (C=O) groups is 2. The Bertz CT molecular complexity index is 1350. The minimum absolute atomic E-state index is 0.0610. The molecule has 3 aromatic rings. The van der Waals surface area contributed by atoms with Crippen molar-refractivity contribution in [2.24, 2.45) is 0 Å². The van der Waals surface area contributed by atoms with Gasteiger partial charge in [-0.15, -0.1) is 0 Å². The molecule has 40 heavy (non-hydrogen) atoms. The average Bonchev–Trinajstić information content (AvgIpc) is 2.95. The van der Waals surface area contributed by atoms with Crippen molar-refractivity contribution >= 4 is 27.7 Å². The largest absolute Gasteiger partial charge is 0.354 e. The van der Waals surface area contributed by atoms with Crippen LogP contribution in [0.15, 0.2) is 84.9 Å². The van der Waals surface area contributed by atoms with Gasteiger partial charge in [0.25, 0.3) is 0 Å². The molecule has 0 aliphatic carbocycles. The van der Waals surface area contributed by atoms with Gasteiger partial charge in [-0.05, 0) is 29.7 Å². The SMILES string of the molecule is CCCCNC(=O)[C@H](Cc1ccccc1)N(Cc1ccccc1)C(=O)CN(c1ccccc1F)S(=O)(=O)N(C)C. The molecule has 10 heteroatoms. The third kappa shape index (κ3) is 8.12. The lowest BCUT2D eigenvalue weighted by molar-refractivity contribution is -0.140. The van der Waals surface area contributed by atoms with Crippen molar-refractivity contribution in [2.45, 2.75) is 38.8 Å². The minimum Gasteiger partial charge on any atom is -0.354 e. The predicted octanol–water partition coefficient (Wildman–Crippen LogP) is 3.99. The molecule has 1 atom stereocenters. The van der Waals surface area contributed by atoms with E-state index in [9.17, 15) is 22.4 Å². The summed E-state index contributed by atoms with van der Waals surface area (Å²) >= 11 is 0. The number of amides is 2. The van der Waals surface area contributed by atoms with Gasteiger partial charge in [-0.1, -0.05) is 86.1 Å². The average molecular weight is 569 g/mol. The summed E-state index contributed by atoms with van der Waals surface area (Å²) in [7, 11) is -1.63. The number of carbonyl (C=O) groups excluding carboxylic acids is 2. The third-order valence-corrected chi connectivity index (χ3v) is 8.24. The molecule has 0 aromatic heterocycles. The fraction of sp³-hybridized carbons (Fsp3) is 0.333. The normalized spacial score (nSPS) is 12.1. The fourth-order valence-corrected chi connectivity index (χ4v) is 5.26. The second kappa shape index (κ2) is 14.6. The highest BCUT2D eigenvalue weighted by Gasteiger charge is 2.35. The first-order valence-corrected chi connectivity index (χ1v) is 14.6. The van der Waals surface area contributed by atoms with E-state index in [0.717, 1.165) is 38.6 Å². The second-order valence-electron chi connectivity index (χ2n) is 9.61. The van der Waals surface area contributed by atoms with Gasteiger partial charge in [0, 0.05) is 33.6 Å². The summed E-state index contributed by atoms with van der Waals surface area (Å²) in [5.41, 5.74) is 1.36. The summed E-state index contributed by atoms with van der Waals surface area (Å²) in [5.74, 6) is -1.76. The molecule has 0 aliphatic heterocycles. The molecule has 2 amide bonds. The summed E-state index contributed by atoms with van der Waals surface area (Å²) in [4.78, 5) is 29.0. The molecule has 0 spiro atoms. The lowest BCUT2D eigenvalue weighted by Gasteiger charge is -2.34. The zero-order valence-corrected chi connectivity index (χ0v) is 24.0. The summed E-state index contributed by atoms with van der Waals surface area (Å²) in [6, 6.07) is 23.0. The van der Waals surface area contributed by atoms with Crippen molar-refractivity contribution in [1.29, 1.82) is 0 Å². The highest BCUT2D eigenvalue weighted by molar-refractivity contribution is 7.90. The lowest BCUT2D eigenvalue weighted by atomic mass is 10.0. The number of unbranched alkanes of at least 4 members (excludes halogenated alkanes) is 1. The monoisotopic (exact) mass is 568 g/mol. The molecule has 3 rings (SSSR count). The van der Waals surface area contributed by atoms with Crippen molar-refractivity contribution in [3.05, 3.63) is 102 Å². The van der Waals surface area contributed by atoms with E-state index in [4.69, 9.17) is 0 Å². The zero-order chi connectivity index (χ0) is 29.1. The summed E-state index contributed by atoms with van der Waals surface area (Å²) in [6.07, 6.45) is 1.88.